The fourth-order valence-corrected chi connectivity index (χ4v) is 3.51. The van der Waals surface area contributed by atoms with Crippen LogP contribution >= 0.6 is 11.8 Å². The van der Waals surface area contributed by atoms with Crippen molar-refractivity contribution in [3.05, 3.63) is 18.3 Å². The Labute approximate surface area is 170 Å². The second-order valence-electron chi connectivity index (χ2n) is 6.77. The number of thioether (sulfide) groups is 1. The van der Waals surface area contributed by atoms with Crippen molar-refractivity contribution in [3.63, 3.8) is 0 Å². The molecule has 3 aromatic heterocycles. The first-order chi connectivity index (χ1) is 13.7. The van der Waals surface area contributed by atoms with Crippen molar-refractivity contribution in [3.8, 4) is 5.88 Å². The molecule has 0 saturated heterocycles. The predicted octanol–water partition coefficient (Wildman–Crippen LogP) is 2.41. The van der Waals surface area contributed by atoms with Crippen LogP contribution in [0.2, 0.25) is 0 Å². The molecule has 10 nitrogen and oxygen atoms in total. The molecular formula is C17H21FN8O2S. The van der Waals surface area contributed by atoms with Crippen LogP contribution in [0.15, 0.2) is 17.6 Å². The topological polar surface area (TPSA) is 145 Å². The molecule has 3 aromatic rings. The predicted molar refractivity (Wildman–Crippen MR) is 107 cm³/mol. The number of rotatable bonds is 7. The number of hydrogen-bond donors (Lipinski definition) is 3. The highest BCUT2D eigenvalue weighted by Gasteiger charge is 2.27. The van der Waals surface area contributed by atoms with Crippen LogP contribution in [0.5, 0.6) is 5.88 Å². The number of amides is 1. The van der Waals surface area contributed by atoms with Crippen LogP contribution in [-0.4, -0.2) is 47.2 Å². The molecule has 12 heteroatoms. The highest BCUT2D eigenvalue weighted by Crippen LogP contribution is 2.31. The van der Waals surface area contributed by atoms with Crippen LogP contribution in [0.25, 0.3) is 11.2 Å². The molecule has 0 aromatic carbocycles. The molecule has 0 aliphatic carbocycles. The molecule has 0 aliphatic heterocycles. The summed E-state index contributed by atoms with van der Waals surface area (Å²) in [4.78, 5) is 36.0. The van der Waals surface area contributed by atoms with Gasteiger partial charge in [0.15, 0.2) is 5.65 Å². The maximum atomic E-state index is 13.8. The number of nitrogen functional groups attached to an aromatic ring is 1. The van der Waals surface area contributed by atoms with E-state index in [0.29, 0.717) is 16.2 Å². The zero-order valence-electron chi connectivity index (χ0n) is 16.3. The van der Waals surface area contributed by atoms with E-state index in [1.165, 1.54) is 18.1 Å². The van der Waals surface area contributed by atoms with E-state index in [2.05, 4.69) is 35.2 Å². The lowest BCUT2D eigenvalue weighted by atomic mass is 10.1. The third kappa shape index (κ3) is 4.88. The monoisotopic (exact) mass is 420 g/mol. The number of halogens is 1. The van der Waals surface area contributed by atoms with Gasteiger partial charge in [-0.15, -0.1) is 0 Å². The van der Waals surface area contributed by atoms with Gasteiger partial charge in [-0.25, -0.2) is 15.0 Å². The molecule has 29 heavy (non-hydrogen) atoms. The van der Waals surface area contributed by atoms with Gasteiger partial charge in [-0.1, -0.05) is 25.6 Å². The van der Waals surface area contributed by atoms with E-state index >= 15 is 0 Å². The molecule has 0 fully saturated rings. The zero-order chi connectivity index (χ0) is 21.1. The molecule has 4 N–H and O–H groups in total. The summed E-state index contributed by atoms with van der Waals surface area (Å²) in [5.74, 6) is -1.34. The largest absolute Gasteiger partial charge is 0.473 e. The summed E-state index contributed by atoms with van der Waals surface area (Å²) in [6, 6.07) is 0. The Kier molecular flexibility index (Phi) is 6.11. The second-order valence-corrected chi connectivity index (χ2v) is 7.90. The number of aromatic amines is 1. The average Bonchev–Trinajstić information content (AvgIpc) is 3.09. The SMILES string of the molecule is CC(C)Oc1nc(NC(=O)[C@@H](Sc2nc(N)nc3nc[nH]c23)C(C)C)ncc1F. The minimum absolute atomic E-state index is 0.0489. The van der Waals surface area contributed by atoms with E-state index in [4.69, 9.17) is 10.5 Å². The number of anilines is 2. The number of fused-ring (bicyclic) bond motifs is 1. The molecule has 154 valence electrons. The first-order valence-electron chi connectivity index (χ1n) is 8.88. The molecule has 0 unspecified atom stereocenters. The number of ether oxygens (including phenoxy) is 1. The van der Waals surface area contributed by atoms with Crippen LogP contribution in [-0.2, 0) is 4.79 Å². The first-order valence-corrected chi connectivity index (χ1v) is 9.76. The summed E-state index contributed by atoms with van der Waals surface area (Å²) >= 11 is 1.22. The summed E-state index contributed by atoms with van der Waals surface area (Å²) in [5.41, 5.74) is 6.75. The number of aromatic nitrogens is 6. The number of carbonyl (C=O) groups is 1. The van der Waals surface area contributed by atoms with Crippen LogP contribution in [0.3, 0.4) is 0 Å². The molecule has 0 radical (unpaired) electrons. The number of hydrogen-bond acceptors (Lipinski definition) is 9. The van der Waals surface area contributed by atoms with E-state index in [0.717, 1.165) is 6.20 Å². The number of carbonyl (C=O) groups excluding carboxylic acids is 1. The maximum absolute atomic E-state index is 13.8. The van der Waals surface area contributed by atoms with Gasteiger partial charge in [0.25, 0.3) is 5.88 Å². The first kappa shape index (κ1) is 20.7. The number of imidazole rings is 1. The van der Waals surface area contributed by atoms with Gasteiger partial charge >= 0.3 is 0 Å². The number of nitrogens with zero attached hydrogens (tertiary/aromatic N) is 5. The van der Waals surface area contributed by atoms with E-state index in [9.17, 15) is 9.18 Å². The second kappa shape index (κ2) is 8.55. The van der Waals surface area contributed by atoms with E-state index < -0.39 is 11.1 Å². The highest BCUT2D eigenvalue weighted by molar-refractivity contribution is 8.00. The molecule has 3 heterocycles. The van der Waals surface area contributed by atoms with Gasteiger partial charge in [0.2, 0.25) is 23.6 Å². The van der Waals surface area contributed by atoms with E-state index in [1.54, 1.807) is 13.8 Å². The summed E-state index contributed by atoms with van der Waals surface area (Å²) in [7, 11) is 0. The number of nitrogens with one attached hydrogen (secondary N) is 2. The van der Waals surface area contributed by atoms with Crippen LogP contribution in [0, 0.1) is 11.7 Å². The lowest BCUT2D eigenvalue weighted by Crippen LogP contribution is -2.30. The molecule has 1 amide bonds. The van der Waals surface area contributed by atoms with Gasteiger partial charge in [-0.3, -0.25) is 10.1 Å². The molecular weight excluding hydrogens is 399 g/mol. The third-order valence-corrected chi connectivity index (χ3v) is 5.20. The molecule has 1 atom stereocenters. The van der Waals surface area contributed by atoms with Crippen molar-refractivity contribution in [2.45, 2.75) is 44.1 Å². The third-order valence-electron chi connectivity index (χ3n) is 3.67. The lowest BCUT2D eigenvalue weighted by Gasteiger charge is -2.19. The summed E-state index contributed by atoms with van der Waals surface area (Å²) in [6.07, 6.45) is 2.16. The Hall–Kier alpha value is -3.02. The number of nitrogens with two attached hydrogens (primary N) is 1. The summed E-state index contributed by atoms with van der Waals surface area (Å²) in [6.45, 7) is 7.28. The smallest absolute Gasteiger partial charge is 0.255 e. The fourth-order valence-electron chi connectivity index (χ4n) is 2.42. The van der Waals surface area contributed by atoms with Crippen LogP contribution < -0.4 is 15.8 Å². The standard InChI is InChI=1S/C17H21FN8O2S/c1-7(2)11(29-15-10-12(22-6-21-10)23-16(19)26-15)13(27)24-17-20-5-9(18)14(25-17)28-8(3)4/h5-8,11H,1-4H3,(H,20,24,25,27)(H3,19,21,22,23,26)/t11-/m0/s1. The van der Waals surface area contributed by atoms with Gasteiger partial charge in [0, 0.05) is 0 Å². The number of H-pyrrole nitrogens is 1. The minimum Gasteiger partial charge on any atom is -0.473 e. The normalized spacial score (nSPS) is 12.5. The van der Waals surface area contributed by atoms with Gasteiger partial charge in [-0.05, 0) is 19.8 Å². The molecule has 0 bridgehead atoms. The van der Waals surface area contributed by atoms with Crippen molar-refractivity contribution in [1.82, 2.24) is 29.9 Å². The average molecular weight is 420 g/mol. The van der Waals surface area contributed by atoms with Crippen molar-refractivity contribution in [1.29, 1.82) is 0 Å². The minimum atomic E-state index is -0.704. The Morgan fingerprint density at radius 1 is 1.24 bits per heavy atom. The van der Waals surface area contributed by atoms with Crippen molar-refractivity contribution < 1.29 is 13.9 Å². The maximum Gasteiger partial charge on any atom is 0.255 e. The quantitative estimate of drug-likeness (QED) is 0.387. The fraction of sp³-hybridized carbons (Fsp3) is 0.412. The van der Waals surface area contributed by atoms with Crippen LogP contribution in [0.1, 0.15) is 27.7 Å². The van der Waals surface area contributed by atoms with Gasteiger partial charge < -0.3 is 15.5 Å². The Balaban J connectivity index is 1.82. The van der Waals surface area contributed by atoms with Gasteiger partial charge in [0.1, 0.15) is 10.5 Å². The Morgan fingerprint density at radius 2 is 2.00 bits per heavy atom. The molecule has 0 aliphatic rings. The van der Waals surface area contributed by atoms with Crippen molar-refractivity contribution in [2.75, 3.05) is 11.1 Å². The Bertz CT molecular complexity index is 1030. The Morgan fingerprint density at radius 3 is 2.69 bits per heavy atom. The van der Waals surface area contributed by atoms with E-state index in [-0.39, 0.29) is 35.7 Å². The molecule has 3 rings (SSSR count). The molecule has 0 saturated carbocycles. The van der Waals surface area contributed by atoms with Gasteiger partial charge in [-0.2, -0.15) is 14.4 Å². The van der Waals surface area contributed by atoms with Crippen molar-refractivity contribution in [2.24, 2.45) is 5.92 Å². The lowest BCUT2D eigenvalue weighted by molar-refractivity contribution is -0.116. The van der Waals surface area contributed by atoms with Crippen LogP contribution in [0.4, 0.5) is 16.3 Å². The zero-order valence-corrected chi connectivity index (χ0v) is 17.1. The van der Waals surface area contributed by atoms with Gasteiger partial charge in [0.05, 0.1) is 23.9 Å². The van der Waals surface area contributed by atoms with E-state index in [1.807, 2.05) is 13.8 Å². The molecule has 0 spiro atoms. The summed E-state index contributed by atoms with van der Waals surface area (Å²) < 4.78 is 19.1. The summed E-state index contributed by atoms with van der Waals surface area (Å²) in [5, 5.41) is 2.56. The highest BCUT2D eigenvalue weighted by atomic mass is 32.2. The van der Waals surface area contributed by atoms with Crippen molar-refractivity contribution >= 4 is 40.7 Å².